The largest absolute Gasteiger partial charge is 0.433 e. The third-order valence-corrected chi connectivity index (χ3v) is 3.95. The van der Waals surface area contributed by atoms with Gasteiger partial charge in [0.1, 0.15) is 5.82 Å². The number of nitrogens with zero attached hydrogens (tertiary/aromatic N) is 2. The number of alkyl halides is 3. The monoisotopic (exact) mass is 350 g/mol. The highest BCUT2D eigenvalue weighted by molar-refractivity contribution is 5.58. The van der Waals surface area contributed by atoms with Gasteiger partial charge < -0.3 is 10.6 Å². The van der Waals surface area contributed by atoms with Crippen LogP contribution in [0.15, 0.2) is 30.3 Å². The lowest BCUT2D eigenvalue weighted by Crippen LogP contribution is -2.14. The number of hydrogen-bond acceptors (Lipinski definition) is 4. The van der Waals surface area contributed by atoms with Crippen LogP contribution in [-0.2, 0) is 11.6 Å². The van der Waals surface area contributed by atoms with Crippen LogP contribution in [0.25, 0.3) is 0 Å². The maximum absolute atomic E-state index is 13.1. The SMILES string of the molecule is CC(C)(C)c1ccc(Nc2cc(C(F)(F)F)nc(NC3CC3)n2)cc1. The predicted molar refractivity (Wildman–Crippen MR) is 92.1 cm³/mol. The lowest BCUT2D eigenvalue weighted by Gasteiger charge is -2.19. The van der Waals surface area contributed by atoms with Gasteiger partial charge in [0.05, 0.1) is 0 Å². The fourth-order valence-corrected chi connectivity index (χ4v) is 2.33. The summed E-state index contributed by atoms with van der Waals surface area (Å²) in [6.45, 7) is 6.31. The zero-order chi connectivity index (χ0) is 18.2. The summed E-state index contributed by atoms with van der Waals surface area (Å²) in [7, 11) is 0. The molecule has 134 valence electrons. The molecule has 2 aromatic rings. The molecular weight excluding hydrogens is 329 g/mol. The number of benzene rings is 1. The van der Waals surface area contributed by atoms with E-state index in [9.17, 15) is 13.2 Å². The second-order valence-electron chi connectivity index (χ2n) is 7.33. The van der Waals surface area contributed by atoms with Crippen molar-refractivity contribution in [2.45, 2.75) is 51.2 Å². The van der Waals surface area contributed by atoms with E-state index in [-0.39, 0.29) is 23.2 Å². The topological polar surface area (TPSA) is 49.8 Å². The van der Waals surface area contributed by atoms with Crippen molar-refractivity contribution in [3.05, 3.63) is 41.6 Å². The van der Waals surface area contributed by atoms with Crippen LogP contribution < -0.4 is 10.6 Å². The van der Waals surface area contributed by atoms with E-state index in [1.54, 1.807) is 0 Å². The van der Waals surface area contributed by atoms with Crippen LogP contribution >= 0.6 is 0 Å². The number of anilines is 3. The maximum atomic E-state index is 13.1. The van der Waals surface area contributed by atoms with Gasteiger partial charge in [-0.2, -0.15) is 18.2 Å². The highest BCUT2D eigenvalue weighted by Gasteiger charge is 2.34. The van der Waals surface area contributed by atoms with Crippen molar-refractivity contribution in [3.63, 3.8) is 0 Å². The van der Waals surface area contributed by atoms with Gasteiger partial charge in [0, 0.05) is 17.8 Å². The van der Waals surface area contributed by atoms with E-state index in [2.05, 4.69) is 41.4 Å². The van der Waals surface area contributed by atoms with Crippen LogP contribution in [0.1, 0.15) is 44.9 Å². The first-order valence-corrected chi connectivity index (χ1v) is 8.22. The van der Waals surface area contributed by atoms with Crippen molar-refractivity contribution in [3.8, 4) is 0 Å². The van der Waals surface area contributed by atoms with Gasteiger partial charge in [-0.15, -0.1) is 0 Å². The van der Waals surface area contributed by atoms with Crippen LogP contribution in [0.5, 0.6) is 0 Å². The Morgan fingerprint density at radius 1 is 1.00 bits per heavy atom. The first kappa shape index (κ1) is 17.5. The second-order valence-corrected chi connectivity index (χ2v) is 7.33. The minimum absolute atomic E-state index is 0.00568. The smallest absolute Gasteiger partial charge is 0.351 e. The molecule has 1 fully saturated rings. The van der Waals surface area contributed by atoms with Crippen molar-refractivity contribution >= 4 is 17.5 Å². The third kappa shape index (κ3) is 4.61. The van der Waals surface area contributed by atoms with Crippen molar-refractivity contribution in [1.29, 1.82) is 0 Å². The fourth-order valence-electron chi connectivity index (χ4n) is 2.33. The molecule has 7 heteroatoms. The number of hydrogen-bond donors (Lipinski definition) is 2. The standard InChI is InChI=1S/C18H21F3N4/c1-17(2,3)11-4-6-12(7-5-11)22-15-10-14(18(19,20)21)24-16(25-15)23-13-8-9-13/h4-7,10,13H,8-9H2,1-3H3,(H2,22,23,24,25). The Morgan fingerprint density at radius 3 is 2.16 bits per heavy atom. The minimum Gasteiger partial charge on any atom is -0.351 e. The van der Waals surface area contributed by atoms with E-state index in [0.717, 1.165) is 24.5 Å². The fraction of sp³-hybridized carbons (Fsp3) is 0.444. The molecule has 3 rings (SSSR count). The van der Waals surface area contributed by atoms with Crippen LogP contribution in [-0.4, -0.2) is 16.0 Å². The van der Waals surface area contributed by atoms with Crippen molar-refractivity contribution in [1.82, 2.24) is 9.97 Å². The molecule has 0 amide bonds. The maximum Gasteiger partial charge on any atom is 0.433 e. The van der Waals surface area contributed by atoms with Crippen molar-refractivity contribution in [2.24, 2.45) is 0 Å². The van der Waals surface area contributed by atoms with Crippen molar-refractivity contribution < 1.29 is 13.2 Å². The van der Waals surface area contributed by atoms with Gasteiger partial charge in [0.15, 0.2) is 5.69 Å². The van der Waals surface area contributed by atoms with Gasteiger partial charge in [-0.3, -0.25) is 0 Å². The average molecular weight is 350 g/mol. The Morgan fingerprint density at radius 2 is 1.64 bits per heavy atom. The molecule has 1 aliphatic carbocycles. The molecule has 0 saturated heterocycles. The van der Waals surface area contributed by atoms with Crippen LogP contribution in [0.2, 0.25) is 0 Å². The minimum atomic E-state index is -4.52. The third-order valence-electron chi connectivity index (χ3n) is 3.95. The average Bonchev–Trinajstić information content (AvgIpc) is 3.29. The molecule has 4 nitrogen and oxygen atoms in total. The van der Waals surface area contributed by atoms with E-state index < -0.39 is 11.9 Å². The first-order chi connectivity index (χ1) is 11.6. The Bertz CT molecular complexity index is 744. The Hall–Kier alpha value is -2.31. The number of nitrogens with one attached hydrogen (secondary N) is 2. The van der Waals surface area contributed by atoms with Gasteiger partial charge in [-0.25, -0.2) is 4.98 Å². The summed E-state index contributed by atoms with van der Waals surface area (Å²) in [6.07, 6.45) is -2.66. The molecule has 1 aromatic carbocycles. The summed E-state index contributed by atoms with van der Waals surface area (Å²) in [6, 6.07) is 8.68. The molecule has 1 heterocycles. The molecule has 0 atom stereocenters. The molecule has 0 spiro atoms. The number of aromatic nitrogens is 2. The lowest BCUT2D eigenvalue weighted by molar-refractivity contribution is -0.141. The zero-order valence-electron chi connectivity index (χ0n) is 14.4. The summed E-state index contributed by atoms with van der Waals surface area (Å²) in [5.41, 5.74) is 0.877. The number of rotatable bonds is 4. The Kier molecular flexibility index (Phi) is 4.34. The predicted octanol–water partition coefficient (Wildman–Crippen LogP) is 5.11. The molecule has 0 bridgehead atoms. The van der Waals surface area contributed by atoms with Crippen LogP contribution in [0, 0.1) is 0 Å². The van der Waals surface area contributed by atoms with E-state index in [1.807, 2.05) is 24.3 Å². The Balaban J connectivity index is 1.85. The second kappa shape index (κ2) is 6.20. The summed E-state index contributed by atoms with van der Waals surface area (Å²) in [4.78, 5) is 7.75. The summed E-state index contributed by atoms with van der Waals surface area (Å²) < 4.78 is 39.2. The quantitative estimate of drug-likeness (QED) is 0.804. The molecule has 1 aliphatic rings. The molecule has 0 aliphatic heterocycles. The van der Waals surface area contributed by atoms with Gasteiger partial charge >= 0.3 is 6.18 Å². The summed E-state index contributed by atoms with van der Waals surface area (Å²) in [5.74, 6) is 0.125. The molecule has 1 aromatic heterocycles. The van der Waals surface area contributed by atoms with E-state index in [0.29, 0.717) is 5.69 Å². The molecule has 0 unspecified atom stereocenters. The summed E-state index contributed by atoms with van der Waals surface area (Å²) in [5, 5.41) is 5.86. The van der Waals surface area contributed by atoms with E-state index in [1.165, 1.54) is 0 Å². The molecule has 25 heavy (non-hydrogen) atoms. The van der Waals surface area contributed by atoms with E-state index >= 15 is 0 Å². The van der Waals surface area contributed by atoms with E-state index in [4.69, 9.17) is 0 Å². The van der Waals surface area contributed by atoms with Gasteiger partial charge in [0.2, 0.25) is 5.95 Å². The molecular formula is C18H21F3N4. The van der Waals surface area contributed by atoms with Gasteiger partial charge in [-0.05, 0) is 36.0 Å². The molecule has 1 saturated carbocycles. The zero-order valence-corrected chi connectivity index (χ0v) is 14.4. The van der Waals surface area contributed by atoms with Crippen LogP contribution in [0.3, 0.4) is 0 Å². The highest BCUT2D eigenvalue weighted by Crippen LogP contribution is 2.32. The van der Waals surface area contributed by atoms with Gasteiger partial charge in [-0.1, -0.05) is 32.9 Å². The number of halogens is 3. The Labute approximate surface area is 144 Å². The lowest BCUT2D eigenvalue weighted by atomic mass is 9.87. The highest BCUT2D eigenvalue weighted by atomic mass is 19.4. The van der Waals surface area contributed by atoms with Crippen LogP contribution in [0.4, 0.5) is 30.6 Å². The molecule has 2 N–H and O–H groups in total. The normalized spacial score (nSPS) is 15.1. The van der Waals surface area contributed by atoms with Crippen molar-refractivity contribution in [2.75, 3.05) is 10.6 Å². The van der Waals surface area contributed by atoms with Gasteiger partial charge in [0.25, 0.3) is 0 Å². The summed E-state index contributed by atoms with van der Waals surface area (Å²) >= 11 is 0. The molecule has 0 radical (unpaired) electrons. The first-order valence-electron chi connectivity index (χ1n) is 8.22.